The second kappa shape index (κ2) is 8.93. The number of amides is 1. The zero-order chi connectivity index (χ0) is 20.1. The molecular weight excluding hydrogens is 360 g/mol. The lowest BCUT2D eigenvalue weighted by molar-refractivity contribution is -0.118. The fourth-order valence-corrected chi connectivity index (χ4v) is 4.01. The number of ether oxygens (including phenoxy) is 1. The zero-order valence-corrected chi connectivity index (χ0v) is 16.6. The number of carbonyl (C=O) groups excluding carboxylic acids is 1. The van der Waals surface area contributed by atoms with Crippen LogP contribution in [0.4, 0.5) is 5.69 Å². The van der Waals surface area contributed by atoms with E-state index in [4.69, 9.17) is 4.74 Å². The number of rotatable bonds is 6. The predicted octanol–water partition coefficient (Wildman–Crippen LogP) is 5.04. The van der Waals surface area contributed by atoms with Crippen LogP contribution in [0.5, 0.6) is 5.75 Å². The van der Waals surface area contributed by atoms with Crippen molar-refractivity contribution in [2.45, 2.75) is 31.3 Å². The van der Waals surface area contributed by atoms with Gasteiger partial charge in [-0.05, 0) is 48.1 Å². The normalized spacial score (nSPS) is 16.5. The van der Waals surface area contributed by atoms with Gasteiger partial charge in [0, 0.05) is 17.8 Å². The van der Waals surface area contributed by atoms with E-state index < -0.39 is 6.04 Å². The van der Waals surface area contributed by atoms with E-state index in [1.54, 1.807) is 7.11 Å². The highest BCUT2D eigenvalue weighted by atomic mass is 16.5. The second-order valence-electron chi connectivity index (χ2n) is 7.38. The largest absolute Gasteiger partial charge is 0.497 e. The van der Waals surface area contributed by atoms with Gasteiger partial charge in [0.15, 0.2) is 0 Å². The first-order valence-corrected chi connectivity index (χ1v) is 10.1. The monoisotopic (exact) mass is 386 g/mol. The number of fused-ring (bicyclic) bond motifs is 1. The van der Waals surface area contributed by atoms with E-state index in [9.17, 15) is 4.79 Å². The molecule has 4 nitrogen and oxygen atoms in total. The minimum atomic E-state index is -0.446. The molecule has 0 bridgehead atoms. The highest BCUT2D eigenvalue weighted by Crippen LogP contribution is 2.32. The van der Waals surface area contributed by atoms with Crippen LogP contribution in [0.25, 0.3) is 0 Å². The molecule has 0 fully saturated rings. The molecule has 2 N–H and O–H groups in total. The summed E-state index contributed by atoms with van der Waals surface area (Å²) in [5.41, 5.74) is 4.35. The maximum atomic E-state index is 13.3. The Morgan fingerprint density at radius 2 is 1.79 bits per heavy atom. The Balaban J connectivity index is 1.60. The average Bonchev–Trinajstić information content (AvgIpc) is 2.78. The van der Waals surface area contributed by atoms with Gasteiger partial charge in [-0.15, -0.1) is 0 Å². The molecular formula is C25H26N2O2. The molecule has 0 aliphatic heterocycles. The van der Waals surface area contributed by atoms with Crippen LogP contribution in [0.1, 0.15) is 41.6 Å². The number of hydrogen-bond donors (Lipinski definition) is 2. The molecule has 29 heavy (non-hydrogen) atoms. The molecule has 1 amide bonds. The first-order valence-electron chi connectivity index (χ1n) is 10.1. The summed E-state index contributed by atoms with van der Waals surface area (Å²) in [6, 6.07) is 25.6. The standard InChI is InChI=1S/C25H26N2O2/c1-29-21-14-8-13-20(17-21)26-25(28)24(19-10-3-2-4-11-19)27-23-16-7-12-18-9-5-6-15-22(18)23/h2-6,8-11,13-15,17,23-24,27H,7,12,16H2,1H3,(H,26,28)/t23-,24-/m0/s1. The Kier molecular flexibility index (Phi) is 5.92. The van der Waals surface area contributed by atoms with Crippen LogP contribution in [0, 0.1) is 0 Å². The van der Waals surface area contributed by atoms with Crippen LogP contribution in [0.15, 0.2) is 78.9 Å². The van der Waals surface area contributed by atoms with Crippen molar-refractivity contribution < 1.29 is 9.53 Å². The summed E-state index contributed by atoms with van der Waals surface area (Å²) in [7, 11) is 1.62. The van der Waals surface area contributed by atoms with Crippen molar-refractivity contribution in [3.8, 4) is 5.75 Å². The Morgan fingerprint density at radius 3 is 2.62 bits per heavy atom. The van der Waals surface area contributed by atoms with Gasteiger partial charge in [-0.2, -0.15) is 0 Å². The van der Waals surface area contributed by atoms with E-state index in [1.165, 1.54) is 11.1 Å². The number of nitrogens with one attached hydrogen (secondary N) is 2. The van der Waals surface area contributed by atoms with Crippen LogP contribution in [-0.2, 0) is 11.2 Å². The number of hydrogen-bond acceptors (Lipinski definition) is 3. The Bertz CT molecular complexity index is 971. The van der Waals surface area contributed by atoms with Gasteiger partial charge in [-0.3, -0.25) is 10.1 Å². The van der Waals surface area contributed by atoms with Gasteiger partial charge >= 0.3 is 0 Å². The highest BCUT2D eigenvalue weighted by molar-refractivity contribution is 5.95. The quantitative estimate of drug-likeness (QED) is 0.624. The van der Waals surface area contributed by atoms with E-state index in [2.05, 4.69) is 34.9 Å². The predicted molar refractivity (Wildman–Crippen MR) is 116 cm³/mol. The Labute approximate surface area is 171 Å². The van der Waals surface area contributed by atoms with Crippen molar-refractivity contribution in [1.29, 1.82) is 0 Å². The maximum Gasteiger partial charge on any atom is 0.246 e. The summed E-state index contributed by atoms with van der Waals surface area (Å²) in [5.74, 6) is 0.640. The highest BCUT2D eigenvalue weighted by Gasteiger charge is 2.27. The molecule has 0 unspecified atom stereocenters. The van der Waals surface area contributed by atoms with E-state index in [0.717, 1.165) is 30.5 Å². The molecule has 0 aromatic heterocycles. The Morgan fingerprint density at radius 1 is 1.00 bits per heavy atom. The van der Waals surface area contributed by atoms with Crippen molar-refractivity contribution in [3.63, 3.8) is 0 Å². The summed E-state index contributed by atoms with van der Waals surface area (Å²) in [5, 5.41) is 6.68. The molecule has 1 aliphatic carbocycles. The molecule has 0 heterocycles. The number of anilines is 1. The van der Waals surface area contributed by atoms with Gasteiger partial charge in [0.05, 0.1) is 7.11 Å². The average molecular weight is 386 g/mol. The molecule has 0 saturated heterocycles. The number of methoxy groups -OCH3 is 1. The molecule has 0 spiro atoms. The third-order valence-corrected chi connectivity index (χ3v) is 5.47. The van der Waals surface area contributed by atoms with Gasteiger partial charge in [0.1, 0.15) is 11.8 Å². The first-order chi connectivity index (χ1) is 14.2. The lowest BCUT2D eigenvalue weighted by Crippen LogP contribution is -2.36. The summed E-state index contributed by atoms with van der Waals surface area (Å²) < 4.78 is 5.28. The van der Waals surface area contributed by atoms with Gasteiger partial charge in [0.2, 0.25) is 5.91 Å². The first kappa shape index (κ1) is 19.2. The van der Waals surface area contributed by atoms with E-state index in [1.807, 2.05) is 54.6 Å². The number of carbonyl (C=O) groups is 1. The lowest BCUT2D eigenvalue weighted by Gasteiger charge is -2.30. The fraction of sp³-hybridized carbons (Fsp3) is 0.240. The fourth-order valence-electron chi connectivity index (χ4n) is 4.01. The van der Waals surface area contributed by atoms with Crippen molar-refractivity contribution in [2.75, 3.05) is 12.4 Å². The lowest BCUT2D eigenvalue weighted by atomic mass is 9.87. The summed E-state index contributed by atoms with van der Waals surface area (Å²) in [4.78, 5) is 13.3. The van der Waals surface area contributed by atoms with Crippen LogP contribution in [0.3, 0.4) is 0 Å². The van der Waals surface area contributed by atoms with E-state index in [-0.39, 0.29) is 11.9 Å². The molecule has 0 radical (unpaired) electrons. The number of benzene rings is 3. The zero-order valence-electron chi connectivity index (χ0n) is 16.6. The molecule has 3 aromatic carbocycles. The van der Waals surface area contributed by atoms with Gasteiger partial charge < -0.3 is 10.1 Å². The molecule has 4 heteroatoms. The van der Waals surface area contributed by atoms with Gasteiger partial charge in [0.25, 0.3) is 0 Å². The molecule has 3 aromatic rings. The third-order valence-electron chi connectivity index (χ3n) is 5.47. The molecule has 1 aliphatic rings. The van der Waals surface area contributed by atoms with Gasteiger partial charge in [-0.25, -0.2) is 0 Å². The summed E-state index contributed by atoms with van der Waals surface area (Å²) in [6.45, 7) is 0. The maximum absolute atomic E-state index is 13.3. The van der Waals surface area contributed by atoms with Crippen molar-refractivity contribution in [2.24, 2.45) is 0 Å². The van der Waals surface area contributed by atoms with E-state index in [0.29, 0.717) is 5.75 Å². The SMILES string of the molecule is COc1cccc(NC(=O)[C@@H](N[C@H]2CCCc3ccccc32)c2ccccc2)c1. The molecule has 0 saturated carbocycles. The van der Waals surface area contributed by atoms with E-state index >= 15 is 0 Å². The second-order valence-corrected chi connectivity index (χ2v) is 7.38. The van der Waals surface area contributed by atoms with Crippen LogP contribution < -0.4 is 15.4 Å². The topological polar surface area (TPSA) is 50.4 Å². The minimum absolute atomic E-state index is 0.0764. The summed E-state index contributed by atoms with van der Waals surface area (Å²) in [6.07, 6.45) is 3.24. The van der Waals surface area contributed by atoms with Crippen LogP contribution in [-0.4, -0.2) is 13.0 Å². The van der Waals surface area contributed by atoms with Crippen molar-refractivity contribution >= 4 is 11.6 Å². The molecule has 148 valence electrons. The smallest absolute Gasteiger partial charge is 0.246 e. The molecule has 2 atom stereocenters. The van der Waals surface area contributed by atoms with Crippen molar-refractivity contribution in [3.05, 3.63) is 95.6 Å². The van der Waals surface area contributed by atoms with Gasteiger partial charge in [-0.1, -0.05) is 60.7 Å². The summed E-state index contributed by atoms with van der Waals surface area (Å²) >= 11 is 0. The third kappa shape index (κ3) is 4.49. The minimum Gasteiger partial charge on any atom is -0.497 e. The Hall–Kier alpha value is -3.11. The van der Waals surface area contributed by atoms with Crippen LogP contribution >= 0.6 is 0 Å². The van der Waals surface area contributed by atoms with Crippen LogP contribution in [0.2, 0.25) is 0 Å². The molecule has 4 rings (SSSR count). The van der Waals surface area contributed by atoms with Crippen molar-refractivity contribution in [1.82, 2.24) is 5.32 Å². The number of aryl methyl sites for hydroxylation is 1.